The Balaban J connectivity index is 1.43. The van der Waals surface area contributed by atoms with E-state index in [-0.39, 0.29) is 18.4 Å². The van der Waals surface area contributed by atoms with Gasteiger partial charge in [0, 0.05) is 33.0 Å². The smallest absolute Gasteiger partial charge is 0.267 e. The first kappa shape index (κ1) is 15.2. The lowest BCUT2D eigenvalue weighted by atomic mass is 10.2. The van der Waals surface area contributed by atoms with E-state index in [0.29, 0.717) is 31.7 Å². The topological polar surface area (TPSA) is 67.7 Å². The molecule has 2 aliphatic rings. The minimum atomic E-state index is -0.811. The number of ether oxygens (including phenoxy) is 1. The molecule has 0 N–H and O–H groups in total. The maximum Gasteiger partial charge on any atom is 0.267 e. The van der Waals surface area contributed by atoms with Crippen LogP contribution in [0.2, 0.25) is 0 Å². The van der Waals surface area contributed by atoms with Gasteiger partial charge in [-0.15, -0.1) is 11.3 Å². The fraction of sp³-hybridized carbons (Fsp3) is 0.438. The maximum absolute atomic E-state index is 12.8. The van der Waals surface area contributed by atoms with Crippen molar-refractivity contribution in [1.29, 1.82) is 0 Å². The zero-order valence-electron chi connectivity index (χ0n) is 13.3. The fourth-order valence-corrected chi connectivity index (χ4v) is 3.72. The lowest BCUT2D eigenvalue weighted by Crippen LogP contribution is -2.55. The first-order chi connectivity index (χ1) is 11.6. The Morgan fingerprint density at radius 3 is 2.79 bits per heavy atom. The minimum absolute atomic E-state index is 0.0470. The van der Waals surface area contributed by atoms with Crippen LogP contribution in [0.25, 0.3) is 0 Å². The van der Waals surface area contributed by atoms with E-state index in [0.717, 1.165) is 5.00 Å². The number of hydrogen-bond donors (Lipinski definition) is 0. The normalized spacial score (nSPS) is 19.5. The maximum atomic E-state index is 12.8. The summed E-state index contributed by atoms with van der Waals surface area (Å²) in [6.07, 6.45) is 4.71. The highest BCUT2D eigenvalue weighted by atomic mass is 32.1. The number of carbonyl (C=O) groups excluding carboxylic acids is 2. The van der Waals surface area contributed by atoms with Crippen LogP contribution < -0.4 is 9.64 Å². The predicted molar refractivity (Wildman–Crippen MR) is 89.1 cm³/mol. The second-order valence-corrected chi connectivity index (χ2v) is 7.10. The fourth-order valence-electron chi connectivity index (χ4n) is 2.94. The molecule has 4 rings (SSSR count). The summed E-state index contributed by atoms with van der Waals surface area (Å²) in [6, 6.07) is 3.85. The number of aryl methyl sites for hydroxylation is 1. The molecule has 0 radical (unpaired) electrons. The molecular weight excluding hydrogens is 328 g/mol. The first-order valence-electron chi connectivity index (χ1n) is 7.88. The van der Waals surface area contributed by atoms with Crippen LogP contribution in [0.1, 0.15) is 12.8 Å². The first-order valence-corrected chi connectivity index (χ1v) is 8.76. The van der Waals surface area contributed by atoms with Crippen molar-refractivity contribution in [2.75, 3.05) is 24.5 Å². The van der Waals surface area contributed by atoms with Crippen LogP contribution in [0.3, 0.4) is 0 Å². The molecule has 1 aliphatic heterocycles. The van der Waals surface area contributed by atoms with Gasteiger partial charge in [-0.1, -0.05) is 0 Å². The molecule has 0 unspecified atom stereocenters. The van der Waals surface area contributed by atoms with Crippen molar-refractivity contribution < 1.29 is 14.3 Å². The lowest BCUT2D eigenvalue weighted by molar-refractivity contribution is -0.144. The monoisotopic (exact) mass is 346 g/mol. The van der Waals surface area contributed by atoms with Gasteiger partial charge in [-0.3, -0.25) is 14.3 Å². The predicted octanol–water partition coefficient (Wildman–Crippen LogP) is 1.27. The molecular formula is C16H18N4O3S. The summed E-state index contributed by atoms with van der Waals surface area (Å²) in [6.45, 7) is 1.16. The van der Waals surface area contributed by atoms with Gasteiger partial charge < -0.3 is 14.5 Å². The van der Waals surface area contributed by atoms with Crippen molar-refractivity contribution in [2.24, 2.45) is 7.05 Å². The van der Waals surface area contributed by atoms with Crippen LogP contribution in [0.5, 0.6) is 5.75 Å². The third kappa shape index (κ3) is 2.66. The van der Waals surface area contributed by atoms with Crippen LogP contribution >= 0.6 is 11.3 Å². The van der Waals surface area contributed by atoms with E-state index in [1.165, 1.54) is 11.3 Å². The van der Waals surface area contributed by atoms with Gasteiger partial charge in [0.15, 0.2) is 11.4 Å². The molecule has 2 aromatic heterocycles. The number of thiophene rings is 1. The molecule has 3 heterocycles. The molecule has 0 spiro atoms. The molecule has 2 fully saturated rings. The van der Waals surface area contributed by atoms with Gasteiger partial charge in [0.1, 0.15) is 6.54 Å². The van der Waals surface area contributed by atoms with Gasteiger partial charge in [-0.05, 0) is 17.5 Å². The molecule has 2 amide bonds. The Morgan fingerprint density at radius 1 is 1.38 bits per heavy atom. The van der Waals surface area contributed by atoms with Crippen LogP contribution in [-0.2, 0) is 16.6 Å². The van der Waals surface area contributed by atoms with Gasteiger partial charge in [0.25, 0.3) is 5.91 Å². The van der Waals surface area contributed by atoms with E-state index >= 15 is 0 Å². The number of carbonyl (C=O) groups is 2. The number of piperazine rings is 1. The molecule has 2 aromatic rings. The summed E-state index contributed by atoms with van der Waals surface area (Å²) in [5.74, 6) is 0.451. The summed E-state index contributed by atoms with van der Waals surface area (Å²) in [5.41, 5.74) is -0.811. The molecule has 24 heavy (non-hydrogen) atoms. The van der Waals surface area contributed by atoms with Crippen molar-refractivity contribution in [2.45, 2.75) is 18.4 Å². The van der Waals surface area contributed by atoms with Crippen molar-refractivity contribution in [1.82, 2.24) is 14.7 Å². The second kappa shape index (κ2) is 5.62. The Kier molecular flexibility index (Phi) is 3.56. The number of anilines is 1. The van der Waals surface area contributed by atoms with Crippen molar-refractivity contribution in [3.05, 3.63) is 29.9 Å². The number of aromatic nitrogens is 2. The quantitative estimate of drug-likeness (QED) is 0.836. The molecule has 1 aliphatic carbocycles. The third-order valence-electron chi connectivity index (χ3n) is 4.37. The highest BCUT2D eigenvalue weighted by Gasteiger charge is 2.55. The van der Waals surface area contributed by atoms with Gasteiger partial charge >= 0.3 is 0 Å². The van der Waals surface area contributed by atoms with Gasteiger partial charge in [-0.2, -0.15) is 5.10 Å². The standard InChI is InChI=1S/C16H18N4O3S/c1-18-10-12(9-17-18)23-16(4-5-16)15(22)19-6-7-20(13(21)11-19)14-3-2-8-24-14/h2-3,8-10H,4-7,11H2,1H3. The van der Waals surface area contributed by atoms with Gasteiger partial charge in [-0.25, -0.2) is 0 Å². The molecule has 126 valence electrons. The number of rotatable bonds is 4. The van der Waals surface area contributed by atoms with Crippen LogP contribution in [0.15, 0.2) is 29.9 Å². The Hall–Kier alpha value is -2.35. The molecule has 1 saturated carbocycles. The van der Waals surface area contributed by atoms with E-state index in [9.17, 15) is 9.59 Å². The average molecular weight is 346 g/mol. The molecule has 0 bridgehead atoms. The zero-order valence-corrected chi connectivity index (χ0v) is 14.2. The molecule has 8 heteroatoms. The zero-order chi connectivity index (χ0) is 16.7. The van der Waals surface area contributed by atoms with E-state index in [1.807, 2.05) is 17.5 Å². The van der Waals surface area contributed by atoms with Gasteiger partial charge in [0.05, 0.1) is 17.4 Å². The van der Waals surface area contributed by atoms with E-state index < -0.39 is 5.60 Å². The Morgan fingerprint density at radius 2 is 2.21 bits per heavy atom. The molecule has 1 saturated heterocycles. The highest BCUT2D eigenvalue weighted by Crippen LogP contribution is 2.42. The highest BCUT2D eigenvalue weighted by molar-refractivity contribution is 7.14. The lowest BCUT2D eigenvalue weighted by Gasteiger charge is -2.35. The number of hydrogen-bond acceptors (Lipinski definition) is 5. The van der Waals surface area contributed by atoms with E-state index in [4.69, 9.17) is 4.74 Å². The van der Waals surface area contributed by atoms with Crippen molar-refractivity contribution in [3.8, 4) is 5.75 Å². The summed E-state index contributed by atoms with van der Waals surface area (Å²) in [4.78, 5) is 28.6. The van der Waals surface area contributed by atoms with Crippen LogP contribution in [-0.4, -0.2) is 51.7 Å². The van der Waals surface area contributed by atoms with Crippen molar-refractivity contribution in [3.63, 3.8) is 0 Å². The summed E-state index contributed by atoms with van der Waals surface area (Å²) >= 11 is 1.53. The summed E-state index contributed by atoms with van der Waals surface area (Å²) in [7, 11) is 1.80. The molecule has 0 aromatic carbocycles. The third-order valence-corrected chi connectivity index (χ3v) is 5.26. The Labute approximate surface area is 143 Å². The molecule has 7 nitrogen and oxygen atoms in total. The van der Waals surface area contributed by atoms with Crippen LogP contribution in [0.4, 0.5) is 5.00 Å². The van der Waals surface area contributed by atoms with Gasteiger partial charge in [0.2, 0.25) is 5.91 Å². The van der Waals surface area contributed by atoms with E-state index in [1.54, 1.807) is 33.9 Å². The minimum Gasteiger partial charge on any atom is -0.474 e. The number of nitrogens with zero attached hydrogens (tertiary/aromatic N) is 4. The summed E-state index contributed by atoms with van der Waals surface area (Å²) < 4.78 is 7.52. The Bertz CT molecular complexity index is 766. The number of amides is 2. The summed E-state index contributed by atoms with van der Waals surface area (Å²) in [5, 5.41) is 6.93. The second-order valence-electron chi connectivity index (χ2n) is 6.17. The van der Waals surface area contributed by atoms with Crippen molar-refractivity contribution >= 4 is 28.2 Å². The molecule has 0 atom stereocenters. The SMILES string of the molecule is Cn1cc(OC2(C(=O)N3CCN(c4cccs4)C(=O)C3)CC2)cn1. The largest absolute Gasteiger partial charge is 0.474 e. The average Bonchev–Trinajstić information content (AvgIpc) is 2.96. The van der Waals surface area contributed by atoms with E-state index in [2.05, 4.69) is 5.10 Å². The van der Waals surface area contributed by atoms with Crippen LogP contribution in [0, 0.1) is 0 Å².